The molecule has 1 rings (SSSR count). The fourth-order valence-electron chi connectivity index (χ4n) is 1.33. The van der Waals surface area contributed by atoms with E-state index < -0.39 is 10.0 Å². The summed E-state index contributed by atoms with van der Waals surface area (Å²) in [6, 6.07) is 9.44. The van der Waals surface area contributed by atoms with E-state index in [1.807, 2.05) is 37.3 Å². The molecule has 0 saturated heterocycles. The minimum Gasteiger partial charge on any atom is -0.494 e. The maximum absolute atomic E-state index is 11.4. The third-order valence-electron chi connectivity index (χ3n) is 2.30. The van der Waals surface area contributed by atoms with Crippen LogP contribution in [0.3, 0.4) is 0 Å². The summed E-state index contributed by atoms with van der Waals surface area (Å²) in [5.74, 6) is 0.972. The first-order valence-electron chi connectivity index (χ1n) is 6.13. The van der Waals surface area contributed by atoms with Gasteiger partial charge in [0.05, 0.1) is 12.4 Å². The Kier molecular flexibility index (Phi) is 6.75. The molecule has 0 bridgehead atoms. The van der Waals surface area contributed by atoms with Gasteiger partial charge in [0.25, 0.3) is 0 Å². The smallest absolute Gasteiger partial charge is 0.211 e. The minimum absolute atomic E-state index is 0.180. The van der Waals surface area contributed by atoms with E-state index in [4.69, 9.17) is 4.74 Å². The summed E-state index contributed by atoms with van der Waals surface area (Å²) in [5.41, 5.74) is 0. The summed E-state index contributed by atoms with van der Waals surface area (Å²) in [6.45, 7) is 3.96. The normalized spacial score (nSPS) is 11.4. The van der Waals surface area contributed by atoms with Gasteiger partial charge in [-0.25, -0.2) is 13.1 Å². The van der Waals surface area contributed by atoms with Crippen LogP contribution in [-0.4, -0.2) is 20.8 Å². The van der Waals surface area contributed by atoms with Crippen LogP contribution in [0, 0.1) is 6.54 Å². The van der Waals surface area contributed by atoms with Gasteiger partial charge in [0.2, 0.25) is 10.0 Å². The Morgan fingerprint density at radius 1 is 1.28 bits per heavy atom. The van der Waals surface area contributed by atoms with Crippen molar-refractivity contribution in [3.63, 3.8) is 0 Å². The van der Waals surface area contributed by atoms with Crippen LogP contribution in [0.2, 0.25) is 0 Å². The van der Waals surface area contributed by atoms with E-state index in [1.54, 1.807) is 0 Å². The van der Waals surface area contributed by atoms with Crippen molar-refractivity contribution in [1.82, 2.24) is 4.72 Å². The van der Waals surface area contributed by atoms with Crippen molar-refractivity contribution in [2.24, 2.45) is 0 Å². The average Bonchev–Trinajstić information content (AvgIpc) is 2.37. The van der Waals surface area contributed by atoms with Crippen molar-refractivity contribution in [2.75, 3.05) is 12.4 Å². The summed E-state index contributed by atoms with van der Waals surface area (Å²) < 4.78 is 30.8. The van der Waals surface area contributed by atoms with E-state index in [0.29, 0.717) is 19.4 Å². The van der Waals surface area contributed by atoms with E-state index in [-0.39, 0.29) is 5.75 Å². The Bertz CT molecular complexity index is 417. The lowest BCUT2D eigenvalue weighted by molar-refractivity contribution is 0.319. The average molecular weight is 270 g/mol. The largest absolute Gasteiger partial charge is 0.494 e. The second-order valence-electron chi connectivity index (χ2n) is 3.94. The number of unbranched alkanes of at least 4 members (excludes halogenated alkanes) is 1. The third-order valence-corrected chi connectivity index (χ3v) is 3.66. The van der Waals surface area contributed by atoms with Gasteiger partial charge in [-0.2, -0.15) is 0 Å². The molecular weight excluding hydrogens is 250 g/mol. The van der Waals surface area contributed by atoms with Gasteiger partial charge in [-0.15, -0.1) is 0 Å². The summed E-state index contributed by atoms with van der Waals surface area (Å²) in [4.78, 5) is 0. The molecule has 5 heteroatoms. The minimum atomic E-state index is -3.15. The van der Waals surface area contributed by atoms with Crippen LogP contribution in [0.5, 0.6) is 5.75 Å². The Morgan fingerprint density at radius 2 is 2.00 bits per heavy atom. The lowest BCUT2D eigenvalue weighted by Crippen LogP contribution is -2.24. The number of para-hydroxylation sites is 1. The number of nitrogens with one attached hydrogen (secondary N) is 1. The summed E-state index contributed by atoms with van der Waals surface area (Å²) >= 11 is 0. The molecule has 0 spiro atoms. The molecule has 0 aliphatic carbocycles. The van der Waals surface area contributed by atoms with E-state index in [1.165, 1.54) is 6.54 Å². The first kappa shape index (κ1) is 15.0. The molecule has 0 amide bonds. The summed E-state index contributed by atoms with van der Waals surface area (Å²) in [7, 11) is -3.15. The number of sulfonamides is 1. The highest BCUT2D eigenvalue weighted by molar-refractivity contribution is 7.89. The molecule has 0 atom stereocenters. The van der Waals surface area contributed by atoms with Gasteiger partial charge in [0.15, 0.2) is 0 Å². The predicted molar refractivity (Wildman–Crippen MR) is 72.7 cm³/mol. The SMILES string of the molecule is CCCCS(=O)(=O)N[CH]CCOc1ccccc1. The maximum Gasteiger partial charge on any atom is 0.211 e. The Hall–Kier alpha value is -1.07. The monoisotopic (exact) mass is 270 g/mol. The van der Waals surface area contributed by atoms with Crippen LogP contribution in [0.25, 0.3) is 0 Å². The number of ether oxygens (including phenoxy) is 1. The van der Waals surface area contributed by atoms with E-state index in [9.17, 15) is 8.42 Å². The standard InChI is InChI=1S/C13H20NO3S/c1-2-3-12-18(15,16)14-10-7-11-17-13-8-5-4-6-9-13/h4-6,8-10,14H,2-3,7,11-12H2,1H3. The van der Waals surface area contributed by atoms with Crippen LogP contribution in [-0.2, 0) is 10.0 Å². The predicted octanol–water partition coefficient (Wildman–Crippen LogP) is 2.34. The van der Waals surface area contributed by atoms with Gasteiger partial charge in [-0.3, -0.25) is 0 Å². The molecule has 0 aliphatic heterocycles. The first-order valence-corrected chi connectivity index (χ1v) is 7.79. The molecule has 1 N–H and O–H groups in total. The molecule has 101 valence electrons. The second kappa shape index (κ2) is 8.11. The van der Waals surface area contributed by atoms with Crippen LogP contribution < -0.4 is 9.46 Å². The zero-order valence-electron chi connectivity index (χ0n) is 10.6. The highest BCUT2D eigenvalue weighted by Crippen LogP contribution is 2.08. The Balaban J connectivity index is 2.12. The van der Waals surface area contributed by atoms with Gasteiger partial charge >= 0.3 is 0 Å². The molecule has 0 saturated carbocycles. The highest BCUT2D eigenvalue weighted by Gasteiger charge is 2.07. The zero-order valence-corrected chi connectivity index (χ0v) is 11.4. The molecular formula is C13H20NO3S. The molecule has 0 heterocycles. The molecule has 0 fully saturated rings. The highest BCUT2D eigenvalue weighted by atomic mass is 32.2. The molecule has 4 nitrogen and oxygen atoms in total. The van der Waals surface area contributed by atoms with Crippen LogP contribution in [0.4, 0.5) is 0 Å². The molecule has 0 unspecified atom stereocenters. The van der Waals surface area contributed by atoms with Gasteiger partial charge in [-0.05, 0) is 25.0 Å². The van der Waals surface area contributed by atoms with Crippen molar-refractivity contribution in [2.45, 2.75) is 26.2 Å². The number of benzene rings is 1. The first-order chi connectivity index (χ1) is 8.64. The molecule has 1 aromatic carbocycles. The van der Waals surface area contributed by atoms with Crippen LogP contribution in [0.15, 0.2) is 30.3 Å². The van der Waals surface area contributed by atoms with Gasteiger partial charge < -0.3 is 4.74 Å². The van der Waals surface area contributed by atoms with Gasteiger partial charge in [-0.1, -0.05) is 31.5 Å². The molecule has 0 aromatic heterocycles. The Labute approximate surface area is 109 Å². The number of rotatable bonds is 9. The van der Waals surface area contributed by atoms with Crippen molar-refractivity contribution < 1.29 is 13.2 Å². The van der Waals surface area contributed by atoms with Crippen LogP contribution in [0.1, 0.15) is 26.2 Å². The maximum atomic E-state index is 11.4. The second-order valence-corrected chi connectivity index (χ2v) is 5.82. The third kappa shape index (κ3) is 6.61. The molecule has 18 heavy (non-hydrogen) atoms. The quantitative estimate of drug-likeness (QED) is 0.701. The van der Waals surface area contributed by atoms with Crippen molar-refractivity contribution in [3.8, 4) is 5.75 Å². The Morgan fingerprint density at radius 3 is 2.67 bits per heavy atom. The van der Waals surface area contributed by atoms with Crippen molar-refractivity contribution in [1.29, 1.82) is 0 Å². The fraction of sp³-hybridized carbons (Fsp3) is 0.462. The van der Waals surface area contributed by atoms with E-state index in [2.05, 4.69) is 4.72 Å². The summed E-state index contributed by atoms with van der Waals surface area (Å²) in [6.07, 6.45) is 2.10. The zero-order chi connectivity index (χ0) is 13.3. The number of hydrogen-bond acceptors (Lipinski definition) is 3. The number of hydrogen-bond donors (Lipinski definition) is 1. The van der Waals surface area contributed by atoms with E-state index in [0.717, 1.165) is 12.2 Å². The molecule has 1 radical (unpaired) electrons. The van der Waals surface area contributed by atoms with Gasteiger partial charge in [0.1, 0.15) is 5.75 Å². The molecule has 0 aliphatic rings. The molecule has 1 aromatic rings. The lowest BCUT2D eigenvalue weighted by Gasteiger charge is -2.07. The summed E-state index contributed by atoms with van der Waals surface area (Å²) in [5, 5.41) is 0. The van der Waals surface area contributed by atoms with Crippen LogP contribution >= 0.6 is 0 Å². The lowest BCUT2D eigenvalue weighted by atomic mass is 10.3. The van der Waals surface area contributed by atoms with Crippen molar-refractivity contribution >= 4 is 10.0 Å². The topological polar surface area (TPSA) is 55.4 Å². The fourth-order valence-corrected chi connectivity index (χ4v) is 2.49. The van der Waals surface area contributed by atoms with Gasteiger partial charge in [0, 0.05) is 6.54 Å². The van der Waals surface area contributed by atoms with E-state index >= 15 is 0 Å². The van der Waals surface area contributed by atoms with Crippen molar-refractivity contribution in [3.05, 3.63) is 36.9 Å².